The van der Waals surface area contributed by atoms with Crippen molar-refractivity contribution in [3.8, 4) is 0 Å². The van der Waals surface area contributed by atoms with Crippen LogP contribution in [-0.2, 0) is 13.0 Å². The summed E-state index contributed by atoms with van der Waals surface area (Å²) in [6.07, 6.45) is 0.598. The molecule has 0 spiro atoms. The number of thiazole rings is 1. The number of nitrogens with two attached hydrogens (primary N) is 1. The van der Waals surface area contributed by atoms with Gasteiger partial charge in [-0.2, -0.15) is 13.5 Å². The molecule has 6 heteroatoms. The van der Waals surface area contributed by atoms with Crippen LogP contribution in [0.4, 0.5) is 0 Å². The van der Waals surface area contributed by atoms with Gasteiger partial charge in [0.2, 0.25) is 0 Å². The Bertz CT molecular complexity index is 305. The van der Waals surface area contributed by atoms with Crippen LogP contribution in [0, 0.1) is 0 Å². The summed E-state index contributed by atoms with van der Waals surface area (Å²) in [7, 11) is 0. The molecule has 0 aromatic carbocycles. The highest BCUT2D eigenvalue weighted by molar-refractivity contribution is 7.59. The van der Waals surface area contributed by atoms with Crippen molar-refractivity contribution in [1.29, 1.82) is 0 Å². The Balaban J connectivity index is 0.00000112. The highest BCUT2D eigenvalue weighted by atomic mass is 32.1. The lowest BCUT2D eigenvalue weighted by atomic mass is 10.1. The summed E-state index contributed by atoms with van der Waals surface area (Å²) < 4.78 is 0. The summed E-state index contributed by atoms with van der Waals surface area (Å²) in [6, 6.07) is 0. The fourth-order valence-electron chi connectivity index (χ4n) is 1.70. The Morgan fingerprint density at radius 3 is 3.20 bits per heavy atom. The topological polar surface area (TPSA) is 62.4 Å². The van der Waals surface area contributed by atoms with Gasteiger partial charge >= 0.3 is 0 Å². The summed E-state index contributed by atoms with van der Waals surface area (Å²) in [6.45, 7) is 2.91. The van der Waals surface area contributed by atoms with Crippen LogP contribution in [0.5, 0.6) is 0 Å². The zero-order valence-corrected chi connectivity index (χ0v) is 10.3. The molecule has 0 amide bonds. The third kappa shape index (κ3) is 3.15. The molecular weight excluding hydrogens is 230 g/mol. The average Bonchev–Trinajstić information content (AvgIpc) is 2.64. The molecule has 0 fully saturated rings. The van der Waals surface area contributed by atoms with Crippen molar-refractivity contribution in [3.63, 3.8) is 0 Å². The highest BCUT2D eigenvalue weighted by Crippen LogP contribution is 2.21. The lowest BCUT2D eigenvalue weighted by Crippen LogP contribution is -2.39. The summed E-state index contributed by atoms with van der Waals surface area (Å²) >= 11 is 1.70. The van der Waals surface area contributed by atoms with Crippen LogP contribution in [0.25, 0.3) is 0 Å². The van der Waals surface area contributed by atoms with E-state index in [-0.39, 0.29) is 13.5 Å². The molecule has 0 unspecified atom stereocenters. The van der Waals surface area contributed by atoms with Gasteiger partial charge in [-0.1, -0.05) is 0 Å². The first kappa shape index (κ1) is 12.9. The van der Waals surface area contributed by atoms with Gasteiger partial charge in [0.05, 0.1) is 17.3 Å². The summed E-state index contributed by atoms with van der Waals surface area (Å²) in [5.74, 6) is 0. The predicted molar refractivity (Wildman–Crippen MR) is 66.5 cm³/mol. The number of β-amino-alcohol motifs (C(OH)–C–C–N with tert-alkyl or cyclic N) is 1. The lowest BCUT2D eigenvalue weighted by molar-refractivity contribution is 0.112. The number of hydrogen-bond donors (Lipinski definition) is 2. The molecule has 0 bridgehead atoms. The zero-order chi connectivity index (χ0) is 9.97. The second-order valence-electron chi connectivity index (χ2n) is 3.60. The van der Waals surface area contributed by atoms with Crippen molar-refractivity contribution >= 4 is 24.8 Å². The molecule has 1 aliphatic heterocycles. The zero-order valence-electron chi connectivity index (χ0n) is 8.52. The normalized spacial score (nSPS) is 18.0. The lowest BCUT2D eigenvalue weighted by Gasteiger charge is -2.27. The van der Waals surface area contributed by atoms with Gasteiger partial charge < -0.3 is 10.8 Å². The Morgan fingerprint density at radius 1 is 1.67 bits per heavy atom. The van der Waals surface area contributed by atoms with Crippen LogP contribution in [0.2, 0.25) is 0 Å². The summed E-state index contributed by atoms with van der Waals surface area (Å²) in [5.41, 5.74) is 8.50. The van der Waals surface area contributed by atoms with Gasteiger partial charge in [0, 0.05) is 37.5 Å². The van der Waals surface area contributed by atoms with E-state index in [1.807, 2.05) is 5.51 Å². The van der Waals surface area contributed by atoms with E-state index in [1.54, 1.807) is 11.3 Å². The van der Waals surface area contributed by atoms with Crippen molar-refractivity contribution in [2.24, 2.45) is 5.73 Å². The number of rotatable bonds is 3. The van der Waals surface area contributed by atoms with Gasteiger partial charge in [0.1, 0.15) is 0 Å². The maximum absolute atomic E-state index is 9.43. The van der Waals surface area contributed by atoms with E-state index in [1.165, 1.54) is 10.6 Å². The molecule has 1 aliphatic rings. The van der Waals surface area contributed by atoms with E-state index in [2.05, 4.69) is 9.88 Å². The minimum Gasteiger partial charge on any atom is -0.390 e. The second-order valence-corrected chi connectivity index (χ2v) is 4.54. The minimum atomic E-state index is -0.399. The molecule has 86 valence electrons. The van der Waals surface area contributed by atoms with Gasteiger partial charge in [-0.15, -0.1) is 11.3 Å². The minimum absolute atomic E-state index is 0. The number of hydrogen-bond acceptors (Lipinski definition) is 5. The quantitative estimate of drug-likeness (QED) is 0.785. The molecule has 2 heterocycles. The van der Waals surface area contributed by atoms with Gasteiger partial charge in [-0.05, 0) is 0 Å². The average molecular weight is 247 g/mol. The molecule has 4 nitrogen and oxygen atoms in total. The maximum atomic E-state index is 9.43. The summed E-state index contributed by atoms with van der Waals surface area (Å²) in [5, 5.41) is 9.43. The first-order valence-corrected chi connectivity index (χ1v) is 5.69. The van der Waals surface area contributed by atoms with Crippen LogP contribution in [0.1, 0.15) is 10.6 Å². The summed E-state index contributed by atoms with van der Waals surface area (Å²) in [4.78, 5) is 7.86. The fourth-order valence-corrected chi connectivity index (χ4v) is 2.56. The van der Waals surface area contributed by atoms with Crippen molar-refractivity contribution in [3.05, 3.63) is 16.1 Å². The van der Waals surface area contributed by atoms with Crippen molar-refractivity contribution < 1.29 is 5.11 Å². The Labute approximate surface area is 101 Å². The molecule has 2 rings (SSSR count). The van der Waals surface area contributed by atoms with E-state index >= 15 is 0 Å². The molecule has 0 saturated carbocycles. The van der Waals surface area contributed by atoms with Gasteiger partial charge in [-0.25, -0.2) is 4.98 Å². The number of aromatic nitrogens is 1. The first-order chi connectivity index (χ1) is 6.79. The Morgan fingerprint density at radius 2 is 2.47 bits per heavy atom. The van der Waals surface area contributed by atoms with Crippen LogP contribution in [0.3, 0.4) is 0 Å². The van der Waals surface area contributed by atoms with E-state index in [0.717, 1.165) is 19.5 Å². The Hall–Kier alpha value is -0.140. The van der Waals surface area contributed by atoms with Crippen LogP contribution in [-0.4, -0.2) is 40.7 Å². The largest absolute Gasteiger partial charge is 0.390 e. The van der Waals surface area contributed by atoms with Crippen molar-refractivity contribution in [2.75, 3.05) is 19.6 Å². The van der Waals surface area contributed by atoms with Gasteiger partial charge in [0.15, 0.2) is 0 Å². The van der Waals surface area contributed by atoms with E-state index in [0.29, 0.717) is 13.1 Å². The van der Waals surface area contributed by atoms with E-state index in [9.17, 15) is 5.11 Å². The Kier molecular flexibility index (Phi) is 5.01. The van der Waals surface area contributed by atoms with Gasteiger partial charge in [0.25, 0.3) is 0 Å². The molecule has 0 radical (unpaired) electrons. The standard InChI is InChI=1S/C9H15N3OS.H2S/c10-3-7(13)4-12-2-1-8-9(5-12)14-6-11-8;/h6-7,13H,1-5,10H2;1H2/t7-;/m0./s1. The highest BCUT2D eigenvalue weighted by Gasteiger charge is 2.19. The smallest absolute Gasteiger partial charge is 0.0798 e. The van der Waals surface area contributed by atoms with Crippen LogP contribution < -0.4 is 5.73 Å². The molecule has 3 N–H and O–H groups in total. The number of nitrogens with zero attached hydrogens (tertiary/aromatic N) is 2. The van der Waals surface area contributed by atoms with Crippen LogP contribution >= 0.6 is 24.8 Å². The van der Waals surface area contributed by atoms with E-state index in [4.69, 9.17) is 5.73 Å². The number of fused-ring (bicyclic) bond motifs is 1. The molecule has 1 atom stereocenters. The monoisotopic (exact) mass is 247 g/mol. The molecule has 1 aromatic rings. The number of aliphatic hydroxyl groups is 1. The van der Waals surface area contributed by atoms with Gasteiger partial charge in [-0.3, -0.25) is 4.90 Å². The third-order valence-corrected chi connectivity index (χ3v) is 3.36. The third-order valence-electron chi connectivity index (χ3n) is 2.50. The van der Waals surface area contributed by atoms with Crippen molar-refractivity contribution in [2.45, 2.75) is 19.1 Å². The molecule has 0 aliphatic carbocycles. The predicted octanol–water partition coefficient (Wildman–Crippen LogP) is -0.0664. The maximum Gasteiger partial charge on any atom is 0.0798 e. The number of aliphatic hydroxyl groups excluding tert-OH is 1. The molecule has 15 heavy (non-hydrogen) atoms. The molecule has 1 aromatic heterocycles. The molecule has 0 saturated heterocycles. The fraction of sp³-hybridized carbons (Fsp3) is 0.667. The van der Waals surface area contributed by atoms with Crippen LogP contribution in [0.15, 0.2) is 5.51 Å². The molecular formula is C9H17N3OS2. The van der Waals surface area contributed by atoms with E-state index < -0.39 is 6.10 Å². The van der Waals surface area contributed by atoms with Crippen molar-refractivity contribution in [1.82, 2.24) is 9.88 Å². The SMILES string of the molecule is NC[C@H](O)CN1CCc2ncsc2C1.S. The second kappa shape index (κ2) is 5.81. The first-order valence-electron chi connectivity index (χ1n) is 4.81.